The van der Waals surface area contributed by atoms with Gasteiger partial charge in [-0.15, -0.1) is 11.3 Å². The normalized spacial score (nSPS) is 11.3. The largest absolute Gasteiger partial charge is 0.336 e. The van der Waals surface area contributed by atoms with E-state index in [1.807, 2.05) is 48.5 Å². The molecule has 2 aromatic carbocycles. The number of aromatic amines is 2. The standard InChI is InChI=1S/C29H18FN7OS/c30-24-9-8-23(39-24)27-26-22(10-11-32-27)34-28(35-26)25-20-13-17(6-7-21(20)36-37-25)18-12-19(15-31-14-18)33-29(38)16-4-2-1-3-5-16/h1-15H,(H,33,38)(H,34,35)(H,36,37). The molecular weight excluding hydrogens is 513 g/mol. The van der Waals surface area contributed by atoms with E-state index in [1.54, 1.807) is 36.8 Å². The summed E-state index contributed by atoms with van der Waals surface area (Å²) in [5.41, 5.74) is 6.44. The van der Waals surface area contributed by atoms with Crippen LogP contribution in [0.5, 0.6) is 0 Å². The third-order valence-corrected chi connectivity index (χ3v) is 7.24. The number of H-pyrrole nitrogens is 2. The van der Waals surface area contributed by atoms with Crippen LogP contribution in [0.2, 0.25) is 0 Å². The maximum absolute atomic E-state index is 13.7. The van der Waals surface area contributed by atoms with Crippen LogP contribution in [-0.2, 0) is 0 Å². The summed E-state index contributed by atoms with van der Waals surface area (Å²) in [6.45, 7) is 0. The predicted molar refractivity (Wildman–Crippen MR) is 150 cm³/mol. The molecule has 5 heterocycles. The van der Waals surface area contributed by atoms with Crippen LogP contribution >= 0.6 is 11.3 Å². The predicted octanol–water partition coefficient (Wildman–Crippen LogP) is 6.68. The Morgan fingerprint density at radius 1 is 0.897 bits per heavy atom. The Labute approximate surface area is 224 Å². The third-order valence-electron chi connectivity index (χ3n) is 6.36. The first-order valence-electron chi connectivity index (χ1n) is 12.0. The fraction of sp³-hybridized carbons (Fsp3) is 0. The number of nitrogens with one attached hydrogen (secondary N) is 3. The molecule has 0 aliphatic carbocycles. The minimum atomic E-state index is -0.274. The van der Waals surface area contributed by atoms with Crippen molar-refractivity contribution in [2.45, 2.75) is 0 Å². The minimum Gasteiger partial charge on any atom is -0.336 e. The van der Waals surface area contributed by atoms with Gasteiger partial charge in [0.15, 0.2) is 11.0 Å². The number of carbonyl (C=O) groups excluding carboxylic acids is 1. The molecule has 0 bridgehead atoms. The number of carbonyl (C=O) groups is 1. The molecule has 0 saturated heterocycles. The average molecular weight is 532 g/mol. The second-order valence-electron chi connectivity index (χ2n) is 8.86. The molecule has 7 aromatic rings. The maximum atomic E-state index is 13.7. The topological polar surface area (TPSA) is 112 Å². The molecule has 7 rings (SSSR count). The van der Waals surface area contributed by atoms with E-state index in [1.165, 1.54) is 6.07 Å². The number of fused-ring (bicyclic) bond motifs is 2. The highest BCUT2D eigenvalue weighted by Gasteiger charge is 2.17. The van der Waals surface area contributed by atoms with E-state index < -0.39 is 0 Å². The van der Waals surface area contributed by atoms with Gasteiger partial charge in [-0.25, -0.2) is 4.98 Å². The van der Waals surface area contributed by atoms with Crippen molar-refractivity contribution in [1.29, 1.82) is 0 Å². The molecule has 39 heavy (non-hydrogen) atoms. The molecule has 0 aliphatic rings. The van der Waals surface area contributed by atoms with Gasteiger partial charge in [0.25, 0.3) is 5.91 Å². The molecule has 3 N–H and O–H groups in total. The van der Waals surface area contributed by atoms with Crippen LogP contribution in [0.25, 0.3) is 55.2 Å². The molecule has 10 heteroatoms. The van der Waals surface area contributed by atoms with Crippen molar-refractivity contribution >= 4 is 44.9 Å². The number of rotatable bonds is 5. The number of hydrogen-bond acceptors (Lipinski definition) is 6. The number of benzene rings is 2. The van der Waals surface area contributed by atoms with Gasteiger partial charge < -0.3 is 10.3 Å². The Balaban J connectivity index is 1.25. The molecule has 0 spiro atoms. The number of aromatic nitrogens is 6. The highest BCUT2D eigenvalue weighted by atomic mass is 32.1. The molecule has 0 radical (unpaired) electrons. The number of hydrogen-bond donors (Lipinski definition) is 3. The summed E-state index contributed by atoms with van der Waals surface area (Å²) in [5.74, 6) is 0.368. The van der Waals surface area contributed by atoms with Crippen LogP contribution in [-0.4, -0.2) is 36.0 Å². The van der Waals surface area contributed by atoms with Crippen LogP contribution in [0.1, 0.15) is 10.4 Å². The van der Waals surface area contributed by atoms with Crippen LogP contribution < -0.4 is 5.32 Å². The quantitative estimate of drug-likeness (QED) is 0.229. The first kappa shape index (κ1) is 22.9. The van der Waals surface area contributed by atoms with Gasteiger partial charge in [-0.1, -0.05) is 24.3 Å². The summed E-state index contributed by atoms with van der Waals surface area (Å²) in [4.78, 5) is 30.2. The van der Waals surface area contributed by atoms with Crippen molar-refractivity contribution in [2.75, 3.05) is 5.32 Å². The van der Waals surface area contributed by atoms with E-state index >= 15 is 0 Å². The van der Waals surface area contributed by atoms with Crippen LogP contribution in [0.15, 0.2) is 91.4 Å². The Hall–Kier alpha value is -5.22. The highest BCUT2D eigenvalue weighted by molar-refractivity contribution is 7.13. The van der Waals surface area contributed by atoms with E-state index in [-0.39, 0.29) is 11.0 Å². The lowest BCUT2D eigenvalue weighted by atomic mass is 10.0. The number of nitrogens with zero attached hydrogens (tertiary/aromatic N) is 4. The second-order valence-corrected chi connectivity index (χ2v) is 9.89. The van der Waals surface area contributed by atoms with Crippen LogP contribution in [0.4, 0.5) is 10.1 Å². The number of pyridine rings is 2. The summed E-state index contributed by atoms with van der Waals surface area (Å²) >= 11 is 1.03. The Bertz CT molecular complexity index is 1990. The summed E-state index contributed by atoms with van der Waals surface area (Å²) in [6.07, 6.45) is 5.04. The average Bonchev–Trinajstić information content (AvgIpc) is 3.71. The van der Waals surface area contributed by atoms with Gasteiger partial charge in [0.05, 0.1) is 27.8 Å². The molecule has 0 unspecified atom stereocenters. The molecule has 0 aliphatic heterocycles. The van der Waals surface area contributed by atoms with Gasteiger partial charge in [-0.05, 0) is 54.1 Å². The number of halogens is 1. The van der Waals surface area contributed by atoms with Gasteiger partial charge in [-0.2, -0.15) is 9.49 Å². The summed E-state index contributed by atoms with van der Waals surface area (Å²) in [5, 5.41) is 11.1. The summed E-state index contributed by atoms with van der Waals surface area (Å²) in [6, 6.07) is 21.8. The molecular formula is C29H18FN7OS. The smallest absolute Gasteiger partial charge is 0.255 e. The zero-order valence-electron chi connectivity index (χ0n) is 20.1. The highest BCUT2D eigenvalue weighted by Crippen LogP contribution is 2.34. The Kier molecular flexibility index (Phi) is 5.45. The zero-order valence-corrected chi connectivity index (χ0v) is 21.0. The maximum Gasteiger partial charge on any atom is 0.255 e. The first-order valence-corrected chi connectivity index (χ1v) is 12.8. The minimum absolute atomic E-state index is 0.203. The number of amides is 1. The molecule has 1 amide bonds. The van der Waals surface area contributed by atoms with Crippen molar-refractivity contribution < 1.29 is 9.18 Å². The van der Waals surface area contributed by atoms with E-state index in [0.717, 1.165) is 38.9 Å². The molecule has 0 saturated carbocycles. The van der Waals surface area contributed by atoms with E-state index in [2.05, 4.69) is 30.5 Å². The lowest BCUT2D eigenvalue weighted by molar-refractivity contribution is 0.102. The van der Waals surface area contributed by atoms with Gasteiger partial charge in [0, 0.05) is 28.9 Å². The SMILES string of the molecule is O=C(Nc1cncc(-c2ccc3[nH]nc(-c4nc5c(-c6ccc(F)s6)nccc5[nH]4)c3c2)c1)c1ccccc1. The fourth-order valence-electron chi connectivity index (χ4n) is 4.50. The first-order chi connectivity index (χ1) is 19.1. The summed E-state index contributed by atoms with van der Waals surface area (Å²) in [7, 11) is 0. The van der Waals surface area contributed by atoms with Crippen molar-refractivity contribution in [3.8, 4) is 33.2 Å². The number of imidazole rings is 1. The van der Waals surface area contributed by atoms with E-state index in [4.69, 9.17) is 4.98 Å². The van der Waals surface area contributed by atoms with Crippen LogP contribution in [0, 0.1) is 5.13 Å². The molecule has 8 nitrogen and oxygen atoms in total. The zero-order chi connectivity index (χ0) is 26.3. The van der Waals surface area contributed by atoms with E-state index in [9.17, 15) is 9.18 Å². The van der Waals surface area contributed by atoms with Crippen molar-refractivity contribution in [1.82, 2.24) is 30.1 Å². The van der Waals surface area contributed by atoms with E-state index in [0.29, 0.717) is 38.9 Å². The fourth-order valence-corrected chi connectivity index (χ4v) is 5.23. The van der Waals surface area contributed by atoms with Gasteiger partial charge >= 0.3 is 0 Å². The van der Waals surface area contributed by atoms with Crippen molar-refractivity contribution in [2.24, 2.45) is 0 Å². The Morgan fingerprint density at radius 3 is 2.64 bits per heavy atom. The summed E-state index contributed by atoms with van der Waals surface area (Å²) < 4.78 is 13.7. The van der Waals surface area contributed by atoms with Crippen LogP contribution in [0.3, 0.4) is 0 Å². The van der Waals surface area contributed by atoms with Gasteiger partial charge in [0.2, 0.25) is 0 Å². The van der Waals surface area contributed by atoms with Crippen molar-refractivity contribution in [3.63, 3.8) is 0 Å². The second kappa shape index (κ2) is 9.26. The number of thiophene rings is 1. The van der Waals surface area contributed by atoms with Crippen molar-refractivity contribution in [3.05, 3.63) is 102 Å². The lowest BCUT2D eigenvalue weighted by Gasteiger charge is -2.08. The third kappa shape index (κ3) is 4.22. The monoisotopic (exact) mass is 531 g/mol. The molecule has 188 valence electrons. The lowest BCUT2D eigenvalue weighted by Crippen LogP contribution is -2.11. The molecule has 0 atom stereocenters. The Morgan fingerprint density at radius 2 is 1.79 bits per heavy atom. The van der Waals surface area contributed by atoms with Gasteiger partial charge in [-0.3, -0.25) is 19.9 Å². The van der Waals surface area contributed by atoms with Gasteiger partial charge in [0.1, 0.15) is 16.9 Å². The molecule has 5 aromatic heterocycles. The molecule has 0 fully saturated rings. The number of anilines is 1.